The summed E-state index contributed by atoms with van der Waals surface area (Å²) in [5, 5.41) is 3.39. The summed E-state index contributed by atoms with van der Waals surface area (Å²) in [6.45, 7) is 4.37. The second-order valence-electron chi connectivity index (χ2n) is 4.81. The maximum atomic E-state index is 6.53. The first-order chi connectivity index (χ1) is 7.60. The minimum absolute atomic E-state index is 0.188. The van der Waals surface area contributed by atoms with E-state index in [1.807, 2.05) is 0 Å². The van der Waals surface area contributed by atoms with Gasteiger partial charge in [-0.25, -0.2) is 0 Å². The van der Waals surface area contributed by atoms with Crippen LogP contribution in [0, 0.1) is 9.49 Å². The molecule has 2 nitrogen and oxygen atoms in total. The maximum Gasteiger partial charge on any atom is 0.0410 e. The third kappa shape index (κ3) is 2.57. The molecule has 0 saturated carbocycles. The Morgan fingerprint density at radius 2 is 1.81 bits per heavy atom. The summed E-state index contributed by atoms with van der Waals surface area (Å²) in [4.78, 5) is 0. The first-order valence-corrected chi connectivity index (χ1v) is 6.94. The molecule has 0 aromatic heterocycles. The molecule has 16 heavy (non-hydrogen) atoms. The molecule has 1 atom stereocenters. The van der Waals surface area contributed by atoms with E-state index in [1.54, 1.807) is 0 Å². The molecule has 2 rings (SSSR count). The first kappa shape index (κ1) is 12.3. The highest BCUT2D eigenvalue weighted by molar-refractivity contribution is 14.1. The summed E-state index contributed by atoms with van der Waals surface area (Å²) in [6.07, 6.45) is 2.36. The van der Waals surface area contributed by atoms with Crippen molar-refractivity contribution in [3.63, 3.8) is 0 Å². The molecule has 0 amide bonds. The van der Waals surface area contributed by atoms with Gasteiger partial charge in [-0.15, -0.1) is 0 Å². The topological polar surface area (TPSA) is 38.0 Å². The van der Waals surface area contributed by atoms with E-state index in [2.05, 4.69) is 59.1 Å². The predicted octanol–water partition coefficient (Wildman–Crippen LogP) is 2.46. The number of hydrogen-bond acceptors (Lipinski definition) is 2. The minimum atomic E-state index is -0.188. The van der Waals surface area contributed by atoms with Crippen molar-refractivity contribution in [3.05, 3.63) is 33.4 Å². The second-order valence-corrected chi connectivity index (χ2v) is 6.06. The lowest BCUT2D eigenvalue weighted by atomic mass is 9.76. The Morgan fingerprint density at radius 1 is 1.25 bits per heavy atom. The van der Waals surface area contributed by atoms with Crippen LogP contribution in [0.2, 0.25) is 0 Å². The average molecular weight is 330 g/mol. The monoisotopic (exact) mass is 330 g/mol. The Balaban J connectivity index is 2.19. The number of rotatable bonds is 2. The van der Waals surface area contributed by atoms with E-state index >= 15 is 0 Å². The fourth-order valence-electron chi connectivity index (χ4n) is 2.47. The third-order valence-electron chi connectivity index (χ3n) is 3.65. The number of halogens is 1. The van der Waals surface area contributed by atoms with Gasteiger partial charge in [-0.2, -0.15) is 0 Å². The molecule has 0 bridgehead atoms. The van der Waals surface area contributed by atoms with Crippen LogP contribution in [0.5, 0.6) is 0 Å². The zero-order chi connectivity index (χ0) is 11.6. The predicted molar refractivity (Wildman–Crippen MR) is 76.3 cm³/mol. The van der Waals surface area contributed by atoms with Gasteiger partial charge in [0.05, 0.1) is 0 Å². The fourth-order valence-corrected chi connectivity index (χ4v) is 2.83. The molecule has 1 saturated heterocycles. The Labute approximate surface area is 111 Å². The molecule has 1 fully saturated rings. The third-order valence-corrected chi connectivity index (χ3v) is 4.37. The van der Waals surface area contributed by atoms with Gasteiger partial charge in [0.15, 0.2) is 0 Å². The van der Waals surface area contributed by atoms with E-state index < -0.39 is 0 Å². The van der Waals surface area contributed by atoms with Gasteiger partial charge in [-0.1, -0.05) is 12.1 Å². The highest BCUT2D eigenvalue weighted by Gasteiger charge is 2.32. The summed E-state index contributed by atoms with van der Waals surface area (Å²) >= 11 is 2.33. The van der Waals surface area contributed by atoms with Gasteiger partial charge in [-0.05, 0) is 79.1 Å². The van der Waals surface area contributed by atoms with Crippen LogP contribution >= 0.6 is 22.6 Å². The Kier molecular flexibility index (Phi) is 3.87. The molecule has 1 unspecified atom stereocenters. The molecule has 0 aliphatic carbocycles. The second kappa shape index (κ2) is 5.02. The van der Waals surface area contributed by atoms with Crippen LogP contribution in [0.4, 0.5) is 0 Å². The molecular weight excluding hydrogens is 311 g/mol. The summed E-state index contributed by atoms with van der Waals surface area (Å²) in [7, 11) is 0. The van der Waals surface area contributed by atoms with Gasteiger partial charge in [-0.3, -0.25) is 0 Å². The highest BCUT2D eigenvalue weighted by Crippen LogP contribution is 2.32. The number of hydrogen-bond donors (Lipinski definition) is 2. The molecule has 0 spiro atoms. The molecule has 0 radical (unpaired) electrons. The Morgan fingerprint density at radius 3 is 2.38 bits per heavy atom. The molecule has 3 heteroatoms. The van der Waals surface area contributed by atoms with Crippen molar-refractivity contribution in [2.45, 2.75) is 25.3 Å². The van der Waals surface area contributed by atoms with Crippen molar-refractivity contribution < 1.29 is 0 Å². The average Bonchev–Trinajstić information content (AvgIpc) is 2.31. The molecule has 1 aliphatic rings. The normalized spacial score (nSPS) is 21.7. The first-order valence-electron chi connectivity index (χ1n) is 5.86. The van der Waals surface area contributed by atoms with Crippen molar-refractivity contribution in [2.75, 3.05) is 13.1 Å². The molecule has 3 N–H and O–H groups in total. The van der Waals surface area contributed by atoms with E-state index in [1.165, 1.54) is 22.0 Å². The van der Waals surface area contributed by atoms with E-state index in [0.29, 0.717) is 5.92 Å². The zero-order valence-corrected chi connectivity index (χ0v) is 11.8. The van der Waals surface area contributed by atoms with Crippen molar-refractivity contribution in [1.82, 2.24) is 5.32 Å². The van der Waals surface area contributed by atoms with E-state index in [9.17, 15) is 0 Å². The van der Waals surface area contributed by atoms with Crippen LogP contribution < -0.4 is 11.1 Å². The Bertz CT molecular complexity index is 339. The van der Waals surface area contributed by atoms with Crippen LogP contribution in [0.25, 0.3) is 0 Å². The zero-order valence-electron chi connectivity index (χ0n) is 9.67. The van der Waals surface area contributed by atoms with Crippen LogP contribution in [-0.2, 0) is 5.54 Å². The molecule has 1 heterocycles. The van der Waals surface area contributed by atoms with E-state index in [0.717, 1.165) is 13.1 Å². The Hall–Kier alpha value is -0.130. The van der Waals surface area contributed by atoms with Gasteiger partial charge in [0.1, 0.15) is 0 Å². The van der Waals surface area contributed by atoms with Gasteiger partial charge < -0.3 is 11.1 Å². The van der Waals surface area contributed by atoms with Crippen LogP contribution in [0.3, 0.4) is 0 Å². The van der Waals surface area contributed by atoms with Crippen molar-refractivity contribution >= 4 is 22.6 Å². The van der Waals surface area contributed by atoms with Crippen LogP contribution in [-0.4, -0.2) is 13.1 Å². The lowest BCUT2D eigenvalue weighted by Crippen LogP contribution is -2.46. The van der Waals surface area contributed by atoms with Crippen molar-refractivity contribution in [2.24, 2.45) is 11.7 Å². The molecule has 1 aliphatic heterocycles. The quantitative estimate of drug-likeness (QED) is 0.818. The van der Waals surface area contributed by atoms with Gasteiger partial charge >= 0.3 is 0 Å². The largest absolute Gasteiger partial charge is 0.321 e. The van der Waals surface area contributed by atoms with Crippen molar-refractivity contribution in [3.8, 4) is 0 Å². The van der Waals surface area contributed by atoms with Gasteiger partial charge in [0, 0.05) is 9.11 Å². The molecule has 1 aromatic rings. The standard InChI is InChI=1S/C13H19IN2/c1-13(15,11-6-8-16-9-7-11)10-2-4-12(14)5-3-10/h2-5,11,16H,6-9,15H2,1H3. The van der Waals surface area contributed by atoms with Gasteiger partial charge in [0.25, 0.3) is 0 Å². The molecular formula is C13H19IN2. The highest BCUT2D eigenvalue weighted by atomic mass is 127. The van der Waals surface area contributed by atoms with Crippen LogP contribution in [0.15, 0.2) is 24.3 Å². The molecule has 1 aromatic carbocycles. The maximum absolute atomic E-state index is 6.53. The number of benzene rings is 1. The number of nitrogens with one attached hydrogen (secondary N) is 1. The molecule has 88 valence electrons. The smallest absolute Gasteiger partial charge is 0.0410 e. The summed E-state index contributed by atoms with van der Waals surface area (Å²) in [5.74, 6) is 0.591. The van der Waals surface area contributed by atoms with E-state index in [-0.39, 0.29) is 5.54 Å². The summed E-state index contributed by atoms with van der Waals surface area (Å²) in [6, 6.07) is 8.62. The fraction of sp³-hybridized carbons (Fsp3) is 0.538. The number of nitrogens with two attached hydrogens (primary N) is 1. The van der Waals surface area contributed by atoms with Crippen LogP contribution in [0.1, 0.15) is 25.3 Å². The van der Waals surface area contributed by atoms with Gasteiger partial charge in [0.2, 0.25) is 0 Å². The van der Waals surface area contributed by atoms with Crippen molar-refractivity contribution in [1.29, 1.82) is 0 Å². The lowest BCUT2D eigenvalue weighted by Gasteiger charge is -2.37. The summed E-state index contributed by atoms with van der Waals surface area (Å²) < 4.78 is 1.27. The SMILES string of the molecule is CC(N)(c1ccc(I)cc1)C1CCNCC1. The summed E-state index contributed by atoms with van der Waals surface area (Å²) in [5.41, 5.74) is 7.61. The number of piperidine rings is 1. The minimum Gasteiger partial charge on any atom is -0.321 e. The van der Waals surface area contributed by atoms with E-state index in [4.69, 9.17) is 5.73 Å². The lowest BCUT2D eigenvalue weighted by molar-refractivity contribution is 0.234.